The van der Waals surface area contributed by atoms with E-state index in [1.54, 1.807) is 6.07 Å². The lowest BCUT2D eigenvalue weighted by atomic mass is 10.1. The molecule has 0 bridgehead atoms. The summed E-state index contributed by atoms with van der Waals surface area (Å²) in [4.78, 5) is 0. The molecule has 0 amide bonds. The molecule has 3 aromatic rings. The Bertz CT molecular complexity index is 825. The summed E-state index contributed by atoms with van der Waals surface area (Å²) in [5, 5.41) is 15.6. The van der Waals surface area contributed by atoms with Crippen LogP contribution in [0.1, 0.15) is 22.6 Å². The molecule has 0 atom stereocenters. The molecule has 1 N–H and O–H groups in total. The molecule has 0 aliphatic carbocycles. The Kier molecular flexibility index (Phi) is 4.06. The Morgan fingerprint density at radius 2 is 1.96 bits per heavy atom. The van der Waals surface area contributed by atoms with Gasteiger partial charge >= 0.3 is 0 Å². The predicted octanol–water partition coefficient (Wildman–Crippen LogP) is 3.81. The van der Waals surface area contributed by atoms with Gasteiger partial charge in [0.1, 0.15) is 11.6 Å². The number of anilines is 1. The van der Waals surface area contributed by atoms with Crippen molar-refractivity contribution in [3.8, 4) is 11.3 Å². The minimum Gasteiger partial charge on any atom is -0.364 e. The summed E-state index contributed by atoms with van der Waals surface area (Å²) in [5.41, 5.74) is 4.16. The largest absolute Gasteiger partial charge is 0.364 e. The van der Waals surface area contributed by atoms with E-state index in [4.69, 9.17) is 4.52 Å². The van der Waals surface area contributed by atoms with E-state index in [1.807, 2.05) is 32.9 Å². The van der Waals surface area contributed by atoms with E-state index < -0.39 is 0 Å². The van der Waals surface area contributed by atoms with Gasteiger partial charge in [-0.15, -0.1) is 10.2 Å². The minimum atomic E-state index is -0.289. The van der Waals surface area contributed by atoms with E-state index in [9.17, 15) is 4.39 Å². The van der Waals surface area contributed by atoms with E-state index >= 15 is 0 Å². The maximum atomic E-state index is 13.3. The lowest BCUT2D eigenvalue weighted by Gasteiger charge is -2.09. The molecule has 0 unspecified atom stereocenters. The van der Waals surface area contributed by atoms with Gasteiger partial charge in [-0.3, -0.25) is 0 Å². The zero-order valence-electron chi connectivity index (χ0n) is 13.2. The zero-order valence-corrected chi connectivity index (χ0v) is 13.2. The molecule has 0 saturated heterocycles. The monoisotopic (exact) mass is 312 g/mol. The van der Waals surface area contributed by atoms with E-state index in [0.29, 0.717) is 23.6 Å². The summed E-state index contributed by atoms with van der Waals surface area (Å²) in [6.07, 6.45) is 0. The number of aryl methyl sites for hydroxylation is 3. The number of hydrogen-bond donors (Lipinski definition) is 1. The van der Waals surface area contributed by atoms with E-state index in [-0.39, 0.29) is 5.82 Å². The second kappa shape index (κ2) is 6.16. The highest BCUT2D eigenvalue weighted by molar-refractivity contribution is 5.61. The van der Waals surface area contributed by atoms with Gasteiger partial charge in [-0.1, -0.05) is 17.3 Å². The summed E-state index contributed by atoms with van der Waals surface area (Å²) in [5.74, 6) is 1.18. The zero-order chi connectivity index (χ0) is 16.4. The van der Waals surface area contributed by atoms with Gasteiger partial charge in [0, 0.05) is 17.7 Å². The second-order valence-electron chi connectivity index (χ2n) is 5.43. The van der Waals surface area contributed by atoms with Crippen LogP contribution in [0.2, 0.25) is 0 Å². The van der Waals surface area contributed by atoms with Crippen LogP contribution in [0.25, 0.3) is 11.3 Å². The van der Waals surface area contributed by atoms with Crippen molar-refractivity contribution in [2.75, 3.05) is 5.32 Å². The van der Waals surface area contributed by atoms with Crippen molar-refractivity contribution < 1.29 is 8.91 Å². The van der Waals surface area contributed by atoms with Gasteiger partial charge in [0.25, 0.3) is 0 Å². The van der Waals surface area contributed by atoms with Crippen LogP contribution >= 0.6 is 0 Å². The van der Waals surface area contributed by atoms with Crippen LogP contribution in [-0.2, 0) is 6.54 Å². The SMILES string of the molecule is Cc1cc(-c2cccc(F)c2)nnc1NCc1c(C)noc1C. The van der Waals surface area contributed by atoms with Crippen LogP contribution in [0.15, 0.2) is 34.9 Å². The van der Waals surface area contributed by atoms with Gasteiger partial charge in [0.15, 0.2) is 5.82 Å². The van der Waals surface area contributed by atoms with Crippen molar-refractivity contribution in [1.29, 1.82) is 0 Å². The first-order chi connectivity index (χ1) is 11.0. The fourth-order valence-electron chi connectivity index (χ4n) is 2.38. The van der Waals surface area contributed by atoms with Crippen LogP contribution < -0.4 is 5.32 Å². The van der Waals surface area contributed by atoms with Gasteiger partial charge in [-0.25, -0.2) is 4.39 Å². The molecule has 6 heteroatoms. The first-order valence-corrected chi connectivity index (χ1v) is 7.30. The standard InChI is InChI=1S/C17H17FN4O/c1-10-7-16(13-5-4-6-14(18)8-13)20-21-17(10)19-9-15-11(2)22-23-12(15)3/h4-8H,9H2,1-3H3,(H,19,21). The molecule has 0 fully saturated rings. The number of rotatable bonds is 4. The highest BCUT2D eigenvalue weighted by atomic mass is 19.1. The second-order valence-corrected chi connectivity index (χ2v) is 5.43. The molecule has 0 aliphatic rings. The van der Waals surface area contributed by atoms with Gasteiger partial charge in [0.2, 0.25) is 0 Å². The third kappa shape index (κ3) is 3.21. The molecule has 0 aliphatic heterocycles. The quantitative estimate of drug-likeness (QED) is 0.793. The first-order valence-electron chi connectivity index (χ1n) is 7.30. The average Bonchev–Trinajstić information content (AvgIpc) is 2.85. The van der Waals surface area contributed by atoms with Crippen molar-refractivity contribution in [2.45, 2.75) is 27.3 Å². The van der Waals surface area contributed by atoms with E-state index in [1.165, 1.54) is 12.1 Å². The Hall–Kier alpha value is -2.76. The topological polar surface area (TPSA) is 63.8 Å². The molecule has 0 spiro atoms. The van der Waals surface area contributed by atoms with Gasteiger partial charge in [-0.05, 0) is 44.5 Å². The van der Waals surface area contributed by atoms with E-state index in [0.717, 1.165) is 22.6 Å². The minimum absolute atomic E-state index is 0.289. The third-order valence-corrected chi connectivity index (χ3v) is 3.72. The lowest BCUT2D eigenvalue weighted by molar-refractivity contribution is 0.392. The molecule has 0 radical (unpaired) electrons. The van der Waals surface area contributed by atoms with Crippen LogP contribution in [0.4, 0.5) is 10.2 Å². The summed E-state index contributed by atoms with van der Waals surface area (Å²) in [6, 6.07) is 8.20. The Balaban J connectivity index is 1.80. The molecule has 5 nitrogen and oxygen atoms in total. The van der Waals surface area contributed by atoms with Crippen molar-refractivity contribution in [3.63, 3.8) is 0 Å². The van der Waals surface area contributed by atoms with Crippen LogP contribution in [0.5, 0.6) is 0 Å². The predicted molar refractivity (Wildman–Crippen MR) is 85.5 cm³/mol. The van der Waals surface area contributed by atoms with Crippen molar-refractivity contribution in [2.24, 2.45) is 0 Å². The fourth-order valence-corrected chi connectivity index (χ4v) is 2.38. The number of halogens is 1. The molecule has 2 heterocycles. The van der Waals surface area contributed by atoms with Crippen molar-refractivity contribution in [3.05, 3.63) is 58.7 Å². The molecule has 3 rings (SSSR count). The van der Waals surface area contributed by atoms with Gasteiger partial charge in [0.05, 0.1) is 11.4 Å². The number of hydrogen-bond acceptors (Lipinski definition) is 5. The maximum absolute atomic E-state index is 13.3. The number of nitrogens with zero attached hydrogens (tertiary/aromatic N) is 3. The molecule has 118 valence electrons. The number of benzene rings is 1. The number of aromatic nitrogens is 3. The maximum Gasteiger partial charge on any atom is 0.151 e. The van der Waals surface area contributed by atoms with E-state index in [2.05, 4.69) is 20.7 Å². The van der Waals surface area contributed by atoms with Gasteiger partial charge < -0.3 is 9.84 Å². The summed E-state index contributed by atoms with van der Waals surface area (Å²) >= 11 is 0. The number of nitrogens with one attached hydrogen (secondary N) is 1. The Labute approximate surface area is 133 Å². The summed E-state index contributed by atoms with van der Waals surface area (Å²) in [7, 11) is 0. The molecule has 1 aromatic carbocycles. The Morgan fingerprint density at radius 1 is 1.13 bits per heavy atom. The average molecular weight is 312 g/mol. The molecule has 23 heavy (non-hydrogen) atoms. The van der Waals surface area contributed by atoms with Crippen LogP contribution in [0.3, 0.4) is 0 Å². The molecular formula is C17H17FN4O. The first kappa shape index (κ1) is 15.1. The lowest BCUT2D eigenvalue weighted by Crippen LogP contribution is -2.06. The van der Waals surface area contributed by atoms with Gasteiger partial charge in [-0.2, -0.15) is 0 Å². The van der Waals surface area contributed by atoms with Crippen molar-refractivity contribution >= 4 is 5.82 Å². The Morgan fingerprint density at radius 3 is 2.61 bits per heavy atom. The summed E-state index contributed by atoms with van der Waals surface area (Å²) < 4.78 is 18.5. The highest BCUT2D eigenvalue weighted by Crippen LogP contribution is 2.22. The molecule has 2 aromatic heterocycles. The van der Waals surface area contributed by atoms with Crippen LogP contribution in [-0.4, -0.2) is 15.4 Å². The normalized spacial score (nSPS) is 10.8. The van der Waals surface area contributed by atoms with Crippen LogP contribution in [0, 0.1) is 26.6 Å². The smallest absolute Gasteiger partial charge is 0.151 e. The fraction of sp³-hybridized carbons (Fsp3) is 0.235. The molecule has 0 saturated carbocycles. The summed E-state index contributed by atoms with van der Waals surface area (Å²) in [6.45, 7) is 6.28. The third-order valence-electron chi connectivity index (χ3n) is 3.72. The van der Waals surface area contributed by atoms with Crippen molar-refractivity contribution in [1.82, 2.24) is 15.4 Å². The molecular weight excluding hydrogens is 295 g/mol. The highest BCUT2D eigenvalue weighted by Gasteiger charge is 2.11.